The molecular weight excluding hydrogens is 256 g/mol. The highest BCUT2D eigenvalue weighted by Gasteiger charge is 2.15. The largest absolute Gasteiger partial charge is 0.507 e. The van der Waals surface area contributed by atoms with Crippen LogP contribution in [0, 0.1) is 0 Å². The third-order valence-corrected chi connectivity index (χ3v) is 2.66. The molecule has 2 aromatic rings. The Bertz CT molecular complexity index is 580. The van der Waals surface area contributed by atoms with Crippen LogP contribution in [0.1, 0.15) is 15.9 Å². The van der Waals surface area contributed by atoms with E-state index in [1.807, 2.05) is 0 Å². The molecule has 2 N–H and O–H groups in total. The topological polar surface area (TPSA) is 75.4 Å². The van der Waals surface area contributed by atoms with Gasteiger partial charge in [-0.15, -0.1) is 0 Å². The summed E-state index contributed by atoms with van der Waals surface area (Å²) in [4.78, 5) is 12.1. The molecule has 5 nitrogen and oxygen atoms in total. The maximum Gasteiger partial charge on any atom is 0.199 e. The number of aromatic nitrogens is 2. The molecule has 94 valence electrons. The van der Waals surface area contributed by atoms with Gasteiger partial charge in [0.15, 0.2) is 5.78 Å². The summed E-state index contributed by atoms with van der Waals surface area (Å²) in [7, 11) is 0. The molecule has 6 heteroatoms. The van der Waals surface area contributed by atoms with E-state index in [-0.39, 0.29) is 23.7 Å². The third kappa shape index (κ3) is 2.52. The van der Waals surface area contributed by atoms with Gasteiger partial charge >= 0.3 is 0 Å². The summed E-state index contributed by atoms with van der Waals surface area (Å²) in [6.45, 7) is 0.256. The van der Waals surface area contributed by atoms with Crippen molar-refractivity contribution in [3.05, 3.63) is 46.7 Å². The zero-order chi connectivity index (χ0) is 13.1. The summed E-state index contributed by atoms with van der Waals surface area (Å²) in [5, 5.41) is 22.7. The van der Waals surface area contributed by atoms with Crippen molar-refractivity contribution in [1.82, 2.24) is 9.78 Å². The van der Waals surface area contributed by atoms with Gasteiger partial charge in [0, 0.05) is 11.2 Å². The van der Waals surface area contributed by atoms with Crippen molar-refractivity contribution in [2.45, 2.75) is 6.54 Å². The van der Waals surface area contributed by atoms with Crippen molar-refractivity contribution < 1.29 is 15.0 Å². The van der Waals surface area contributed by atoms with Crippen LogP contribution in [0.3, 0.4) is 0 Å². The van der Waals surface area contributed by atoms with Gasteiger partial charge < -0.3 is 10.2 Å². The average Bonchev–Trinajstić information content (AvgIpc) is 2.80. The fraction of sp³-hybridized carbons (Fsp3) is 0.167. The second-order valence-electron chi connectivity index (χ2n) is 3.71. The van der Waals surface area contributed by atoms with Crippen LogP contribution >= 0.6 is 11.6 Å². The molecule has 0 spiro atoms. The van der Waals surface area contributed by atoms with Crippen molar-refractivity contribution >= 4 is 17.4 Å². The van der Waals surface area contributed by atoms with E-state index in [9.17, 15) is 9.90 Å². The van der Waals surface area contributed by atoms with Crippen LogP contribution in [-0.2, 0) is 6.54 Å². The number of aromatic hydroxyl groups is 1. The van der Waals surface area contributed by atoms with Crippen molar-refractivity contribution in [2.75, 3.05) is 6.61 Å². The fourth-order valence-electron chi connectivity index (χ4n) is 1.55. The van der Waals surface area contributed by atoms with Gasteiger partial charge in [0.2, 0.25) is 0 Å². The summed E-state index contributed by atoms with van der Waals surface area (Å²) in [6, 6.07) is 4.28. The number of carbonyl (C=O) groups excluding carboxylic acids is 1. The molecule has 2 rings (SSSR count). The lowest BCUT2D eigenvalue weighted by atomic mass is 10.1. The van der Waals surface area contributed by atoms with Gasteiger partial charge in [-0.05, 0) is 18.2 Å². The Labute approximate surface area is 108 Å². The van der Waals surface area contributed by atoms with E-state index < -0.39 is 0 Å². The summed E-state index contributed by atoms with van der Waals surface area (Å²) in [5.41, 5.74) is 0.465. The quantitative estimate of drug-likeness (QED) is 0.822. The minimum absolute atomic E-state index is 0.0578. The zero-order valence-electron chi connectivity index (χ0n) is 9.38. The molecule has 0 aliphatic rings. The number of benzene rings is 1. The Morgan fingerprint density at radius 1 is 1.44 bits per heavy atom. The lowest BCUT2D eigenvalue weighted by molar-refractivity contribution is 0.103. The smallest absolute Gasteiger partial charge is 0.199 e. The Balaban J connectivity index is 2.32. The van der Waals surface area contributed by atoms with E-state index in [1.54, 1.807) is 0 Å². The standard InChI is InChI=1S/C12H11ClN2O3/c13-9-1-2-11(17)10(5-9)12(18)8-6-14-15(7-8)3-4-16/h1-2,5-7,16-17H,3-4H2. The van der Waals surface area contributed by atoms with Crippen LogP contribution in [0.15, 0.2) is 30.6 Å². The molecular formula is C12H11ClN2O3. The number of hydrogen-bond acceptors (Lipinski definition) is 4. The molecule has 0 amide bonds. The minimum Gasteiger partial charge on any atom is -0.507 e. The average molecular weight is 267 g/mol. The van der Waals surface area contributed by atoms with Gasteiger partial charge in [0.25, 0.3) is 0 Å². The first-order chi connectivity index (χ1) is 8.61. The Hall–Kier alpha value is -1.85. The van der Waals surface area contributed by atoms with Gasteiger partial charge in [0.05, 0.1) is 30.5 Å². The van der Waals surface area contributed by atoms with E-state index in [1.165, 1.54) is 35.3 Å². The molecule has 0 bridgehead atoms. The first kappa shape index (κ1) is 12.6. The molecule has 1 aromatic carbocycles. The van der Waals surface area contributed by atoms with Crippen LogP contribution in [-0.4, -0.2) is 32.4 Å². The number of halogens is 1. The molecule has 0 radical (unpaired) electrons. The summed E-state index contributed by atoms with van der Waals surface area (Å²) in [6.07, 6.45) is 2.90. The number of rotatable bonds is 4. The second kappa shape index (κ2) is 5.20. The van der Waals surface area contributed by atoms with Crippen LogP contribution in [0.2, 0.25) is 5.02 Å². The van der Waals surface area contributed by atoms with Crippen molar-refractivity contribution in [2.24, 2.45) is 0 Å². The zero-order valence-corrected chi connectivity index (χ0v) is 10.1. The molecule has 0 aliphatic heterocycles. The molecule has 0 saturated carbocycles. The summed E-state index contributed by atoms with van der Waals surface area (Å²) in [5.74, 6) is -0.488. The molecule has 0 atom stereocenters. The van der Waals surface area contributed by atoms with Crippen LogP contribution < -0.4 is 0 Å². The summed E-state index contributed by atoms with van der Waals surface area (Å²) >= 11 is 5.79. The third-order valence-electron chi connectivity index (χ3n) is 2.43. The molecule has 18 heavy (non-hydrogen) atoms. The van der Waals surface area contributed by atoms with Gasteiger partial charge in [-0.1, -0.05) is 11.6 Å². The number of aliphatic hydroxyl groups excluding tert-OH is 1. The molecule has 0 fully saturated rings. The Kier molecular flexibility index (Phi) is 3.64. The lowest BCUT2D eigenvalue weighted by Gasteiger charge is -2.02. The predicted molar refractivity (Wildman–Crippen MR) is 65.9 cm³/mol. The SMILES string of the molecule is O=C(c1cnn(CCO)c1)c1cc(Cl)ccc1O. The van der Waals surface area contributed by atoms with E-state index in [2.05, 4.69) is 5.10 Å². The molecule has 0 aliphatic carbocycles. The number of ketones is 1. The lowest BCUT2D eigenvalue weighted by Crippen LogP contribution is -2.03. The predicted octanol–water partition coefficient (Wildman–Crippen LogP) is 1.47. The van der Waals surface area contributed by atoms with Gasteiger partial charge in [-0.3, -0.25) is 9.48 Å². The molecule has 0 unspecified atom stereocenters. The number of phenols is 1. The van der Waals surface area contributed by atoms with E-state index >= 15 is 0 Å². The number of hydrogen-bond donors (Lipinski definition) is 2. The first-order valence-corrected chi connectivity index (χ1v) is 5.66. The maximum absolute atomic E-state index is 12.1. The Morgan fingerprint density at radius 3 is 2.94 bits per heavy atom. The van der Waals surface area contributed by atoms with Crippen molar-refractivity contribution in [1.29, 1.82) is 0 Å². The molecule has 0 saturated heterocycles. The molecule has 1 aromatic heterocycles. The maximum atomic E-state index is 12.1. The van der Waals surface area contributed by atoms with E-state index in [0.717, 1.165) is 0 Å². The first-order valence-electron chi connectivity index (χ1n) is 5.28. The van der Waals surface area contributed by atoms with Crippen molar-refractivity contribution in [3.63, 3.8) is 0 Å². The number of carbonyl (C=O) groups is 1. The van der Waals surface area contributed by atoms with Gasteiger partial charge in [-0.2, -0.15) is 5.10 Å². The van der Waals surface area contributed by atoms with Crippen LogP contribution in [0.4, 0.5) is 0 Å². The molecule has 1 heterocycles. The highest BCUT2D eigenvalue weighted by Crippen LogP contribution is 2.24. The number of aliphatic hydroxyl groups is 1. The van der Waals surface area contributed by atoms with Gasteiger partial charge in [0.1, 0.15) is 5.75 Å². The van der Waals surface area contributed by atoms with E-state index in [0.29, 0.717) is 17.1 Å². The van der Waals surface area contributed by atoms with Crippen LogP contribution in [0.25, 0.3) is 0 Å². The highest BCUT2D eigenvalue weighted by molar-refractivity contribution is 6.31. The second-order valence-corrected chi connectivity index (χ2v) is 4.14. The monoisotopic (exact) mass is 266 g/mol. The van der Waals surface area contributed by atoms with Crippen molar-refractivity contribution in [3.8, 4) is 5.75 Å². The number of phenolic OH excluding ortho intramolecular Hbond substituents is 1. The van der Waals surface area contributed by atoms with Gasteiger partial charge in [-0.25, -0.2) is 0 Å². The fourth-order valence-corrected chi connectivity index (χ4v) is 1.72. The van der Waals surface area contributed by atoms with Crippen LogP contribution in [0.5, 0.6) is 5.75 Å². The number of nitrogens with zero attached hydrogens (tertiary/aromatic N) is 2. The highest BCUT2D eigenvalue weighted by atomic mass is 35.5. The minimum atomic E-state index is -0.362. The normalized spacial score (nSPS) is 10.6. The summed E-state index contributed by atoms with van der Waals surface area (Å²) < 4.78 is 1.45. The Morgan fingerprint density at radius 2 is 2.22 bits per heavy atom. The van der Waals surface area contributed by atoms with E-state index in [4.69, 9.17) is 16.7 Å².